The second-order valence-corrected chi connectivity index (χ2v) is 5.32. The van der Waals surface area contributed by atoms with Gasteiger partial charge in [0.1, 0.15) is 5.75 Å². The third-order valence-electron chi connectivity index (χ3n) is 2.92. The number of cyclic esters (lactones) is 1. The molecule has 0 aromatic heterocycles. The van der Waals surface area contributed by atoms with E-state index in [-0.39, 0.29) is 17.3 Å². The Morgan fingerprint density at radius 3 is 2.67 bits per heavy atom. The van der Waals surface area contributed by atoms with Crippen molar-refractivity contribution in [1.29, 1.82) is 0 Å². The number of aliphatic imine (C=N–C) groups is 1. The Morgan fingerprint density at radius 2 is 1.90 bits per heavy atom. The minimum atomic E-state index is -0.534. The summed E-state index contributed by atoms with van der Waals surface area (Å²) in [4.78, 5) is 16.0. The van der Waals surface area contributed by atoms with Crippen molar-refractivity contribution < 1.29 is 14.6 Å². The number of phenolic OH excluding ortho intramolecular Hbond substituents is 1. The Kier molecular flexibility index (Phi) is 3.58. The lowest BCUT2D eigenvalue weighted by atomic mass is 10.1. The van der Waals surface area contributed by atoms with Crippen molar-refractivity contribution in [3.63, 3.8) is 0 Å². The number of rotatable bonds is 2. The fourth-order valence-corrected chi connectivity index (χ4v) is 2.28. The second-order valence-electron chi connectivity index (χ2n) is 4.41. The number of esters is 1. The number of phenols is 1. The van der Waals surface area contributed by atoms with E-state index in [4.69, 9.17) is 4.74 Å². The van der Waals surface area contributed by atoms with Crippen LogP contribution >= 0.6 is 15.9 Å². The van der Waals surface area contributed by atoms with Gasteiger partial charge in [-0.25, -0.2) is 9.79 Å². The van der Waals surface area contributed by atoms with Gasteiger partial charge in [-0.05, 0) is 36.4 Å². The summed E-state index contributed by atoms with van der Waals surface area (Å²) < 4.78 is 5.95. The summed E-state index contributed by atoms with van der Waals surface area (Å²) in [5.74, 6) is -0.198. The molecule has 0 radical (unpaired) electrons. The number of nitrogens with zero attached hydrogens (tertiary/aromatic N) is 1. The fraction of sp³-hybridized carbons (Fsp3) is 0. The molecule has 104 valence electrons. The molecule has 21 heavy (non-hydrogen) atoms. The van der Waals surface area contributed by atoms with E-state index in [9.17, 15) is 9.90 Å². The SMILES string of the molecule is O=C1OC(c2ccccc2)=N/C1=C\c1cc(Br)ccc1O. The van der Waals surface area contributed by atoms with Crippen LogP contribution in [0.5, 0.6) is 5.75 Å². The van der Waals surface area contributed by atoms with Crippen LogP contribution in [0.3, 0.4) is 0 Å². The molecule has 1 aliphatic rings. The number of halogens is 1. The van der Waals surface area contributed by atoms with Gasteiger partial charge < -0.3 is 9.84 Å². The minimum Gasteiger partial charge on any atom is -0.507 e. The van der Waals surface area contributed by atoms with Crippen LogP contribution < -0.4 is 0 Å². The van der Waals surface area contributed by atoms with Gasteiger partial charge in [0.25, 0.3) is 0 Å². The zero-order valence-electron chi connectivity index (χ0n) is 10.8. The van der Waals surface area contributed by atoms with Gasteiger partial charge in [0.2, 0.25) is 5.90 Å². The summed E-state index contributed by atoms with van der Waals surface area (Å²) in [7, 11) is 0. The highest BCUT2D eigenvalue weighted by atomic mass is 79.9. The van der Waals surface area contributed by atoms with Crippen LogP contribution in [0.2, 0.25) is 0 Å². The molecular formula is C16H10BrNO3. The lowest BCUT2D eigenvalue weighted by Crippen LogP contribution is -2.04. The molecule has 2 aromatic carbocycles. The molecule has 1 N–H and O–H groups in total. The molecule has 5 heteroatoms. The first-order valence-corrected chi connectivity index (χ1v) is 6.99. The highest BCUT2D eigenvalue weighted by molar-refractivity contribution is 9.10. The lowest BCUT2D eigenvalue weighted by molar-refractivity contribution is -0.129. The Labute approximate surface area is 129 Å². The van der Waals surface area contributed by atoms with E-state index in [1.807, 2.05) is 30.3 Å². The van der Waals surface area contributed by atoms with Crippen molar-refractivity contribution in [3.8, 4) is 5.75 Å². The average molecular weight is 344 g/mol. The highest BCUT2D eigenvalue weighted by Gasteiger charge is 2.24. The van der Waals surface area contributed by atoms with E-state index in [1.54, 1.807) is 18.2 Å². The van der Waals surface area contributed by atoms with Crippen molar-refractivity contribution >= 4 is 33.9 Å². The smallest absolute Gasteiger partial charge is 0.363 e. The molecule has 0 aliphatic carbocycles. The maximum atomic E-state index is 11.9. The standard InChI is InChI=1S/C16H10BrNO3/c17-12-6-7-14(19)11(8-12)9-13-16(20)21-15(18-13)10-4-2-1-3-5-10/h1-9,19H/b13-9-. The van der Waals surface area contributed by atoms with Gasteiger partial charge in [0.05, 0.1) is 0 Å². The first kappa shape index (κ1) is 13.6. The summed E-state index contributed by atoms with van der Waals surface area (Å²) >= 11 is 3.32. The highest BCUT2D eigenvalue weighted by Crippen LogP contribution is 2.26. The number of carbonyl (C=O) groups excluding carboxylic acids is 1. The Hall–Kier alpha value is -2.40. The number of benzene rings is 2. The summed E-state index contributed by atoms with van der Waals surface area (Å²) in [6.07, 6.45) is 1.50. The van der Waals surface area contributed by atoms with Crippen molar-refractivity contribution in [2.24, 2.45) is 4.99 Å². The normalized spacial score (nSPS) is 16.0. The maximum absolute atomic E-state index is 11.9. The lowest BCUT2D eigenvalue weighted by Gasteiger charge is -1.99. The van der Waals surface area contributed by atoms with Crippen molar-refractivity contribution in [2.45, 2.75) is 0 Å². The topological polar surface area (TPSA) is 58.9 Å². The number of aromatic hydroxyl groups is 1. The van der Waals surface area contributed by atoms with Gasteiger partial charge in [-0.15, -0.1) is 0 Å². The quantitative estimate of drug-likeness (QED) is 0.670. The first-order chi connectivity index (χ1) is 10.1. The monoisotopic (exact) mass is 343 g/mol. The summed E-state index contributed by atoms with van der Waals surface area (Å²) in [5, 5.41) is 9.80. The number of ether oxygens (including phenoxy) is 1. The molecule has 0 saturated heterocycles. The largest absolute Gasteiger partial charge is 0.507 e. The van der Waals surface area contributed by atoms with Crippen LogP contribution in [-0.4, -0.2) is 17.0 Å². The van der Waals surface area contributed by atoms with Gasteiger partial charge >= 0.3 is 5.97 Å². The molecule has 1 aliphatic heterocycles. The predicted molar refractivity (Wildman–Crippen MR) is 82.9 cm³/mol. The molecule has 0 fully saturated rings. The van der Waals surface area contributed by atoms with E-state index in [0.29, 0.717) is 5.56 Å². The maximum Gasteiger partial charge on any atom is 0.363 e. The van der Waals surface area contributed by atoms with Crippen LogP contribution in [0.25, 0.3) is 6.08 Å². The molecular weight excluding hydrogens is 334 g/mol. The van der Waals surface area contributed by atoms with E-state index in [0.717, 1.165) is 10.0 Å². The Morgan fingerprint density at radius 1 is 1.14 bits per heavy atom. The molecule has 0 spiro atoms. The van der Waals surface area contributed by atoms with Crippen LogP contribution in [-0.2, 0) is 9.53 Å². The number of carbonyl (C=O) groups is 1. The second kappa shape index (κ2) is 5.54. The van der Waals surface area contributed by atoms with Crippen LogP contribution in [0.4, 0.5) is 0 Å². The first-order valence-electron chi connectivity index (χ1n) is 6.20. The fourth-order valence-electron chi connectivity index (χ4n) is 1.90. The Balaban J connectivity index is 1.99. The Bertz CT molecular complexity index is 766. The van der Waals surface area contributed by atoms with E-state index in [1.165, 1.54) is 6.08 Å². The summed E-state index contributed by atoms with van der Waals surface area (Å²) in [6.45, 7) is 0. The summed E-state index contributed by atoms with van der Waals surface area (Å²) in [5.41, 5.74) is 1.38. The van der Waals surface area contributed by atoms with Crippen LogP contribution in [0, 0.1) is 0 Å². The van der Waals surface area contributed by atoms with Gasteiger partial charge in [0.15, 0.2) is 5.70 Å². The van der Waals surface area contributed by atoms with Crippen LogP contribution in [0.1, 0.15) is 11.1 Å². The minimum absolute atomic E-state index is 0.0712. The van der Waals surface area contributed by atoms with Crippen LogP contribution in [0.15, 0.2) is 63.7 Å². The molecule has 2 aromatic rings. The predicted octanol–water partition coefficient (Wildman–Crippen LogP) is 3.50. The zero-order valence-corrected chi connectivity index (χ0v) is 12.4. The third-order valence-corrected chi connectivity index (χ3v) is 3.42. The molecule has 0 unspecified atom stereocenters. The van der Waals surface area contributed by atoms with Crippen molar-refractivity contribution in [3.05, 3.63) is 69.8 Å². The molecule has 0 amide bonds. The number of hydrogen-bond acceptors (Lipinski definition) is 4. The molecule has 0 saturated carbocycles. The van der Waals surface area contributed by atoms with Gasteiger partial charge in [-0.3, -0.25) is 0 Å². The number of hydrogen-bond donors (Lipinski definition) is 1. The van der Waals surface area contributed by atoms with E-state index >= 15 is 0 Å². The summed E-state index contributed by atoms with van der Waals surface area (Å²) in [6, 6.07) is 14.1. The molecule has 0 bridgehead atoms. The van der Waals surface area contributed by atoms with Gasteiger partial charge in [-0.1, -0.05) is 34.1 Å². The molecule has 1 heterocycles. The molecule has 4 nitrogen and oxygen atoms in total. The van der Waals surface area contributed by atoms with Crippen molar-refractivity contribution in [1.82, 2.24) is 0 Å². The van der Waals surface area contributed by atoms with E-state index in [2.05, 4.69) is 20.9 Å². The zero-order chi connectivity index (χ0) is 14.8. The van der Waals surface area contributed by atoms with Crippen molar-refractivity contribution in [2.75, 3.05) is 0 Å². The van der Waals surface area contributed by atoms with Gasteiger partial charge in [-0.2, -0.15) is 0 Å². The average Bonchev–Trinajstić information content (AvgIpc) is 2.85. The van der Waals surface area contributed by atoms with E-state index < -0.39 is 5.97 Å². The van der Waals surface area contributed by atoms with Gasteiger partial charge in [0, 0.05) is 15.6 Å². The third kappa shape index (κ3) is 2.87. The molecule has 0 atom stereocenters. The molecule has 3 rings (SSSR count).